The number of rotatable bonds is 9. The van der Waals surface area contributed by atoms with Gasteiger partial charge in [0.15, 0.2) is 11.3 Å². The molecule has 10 nitrogen and oxygen atoms in total. The molecule has 168 valence electrons. The highest BCUT2D eigenvalue weighted by atomic mass is 16.3. The van der Waals surface area contributed by atoms with E-state index in [1.807, 2.05) is 6.92 Å². The van der Waals surface area contributed by atoms with Crippen molar-refractivity contribution >= 4 is 40.8 Å². The number of nitrogens with zero attached hydrogens (tertiary/aromatic N) is 3. The molecule has 3 atom stereocenters. The standard InChI is InChI=1S/C22H25N5O5/c1-2-27(20(29)9-16-21(30)26-19(28)12-24-16)6-4-13-7-15(13)10-25-22(31)17-8-14-3-5-23-11-18(14)32-17/h3,5,8,11-13,15-16H,2,4,6-7,9-10H2,1H3,(H,25,31)(H,26,28,30). The van der Waals surface area contributed by atoms with Crippen molar-refractivity contribution in [2.75, 3.05) is 19.6 Å². The van der Waals surface area contributed by atoms with Gasteiger partial charge in [-0.05, 0) is 43.7 Å². The number of imide groups is 1. The van der Waals surface area contributed by atoms with Gasteiger partial charge in [-0.3, -0.25) is 34.5 Å². The normalized spacial score (nSPS) is 22.0. The number of aromatic nitrogens is 1. The van der Waals surface area contributed by atoms with Gasteiger partial charge in [-0.1, -0.05) is 0 Å². The van der Waals surface area contributed by atoms with E-state index < -0.39 is 17.9 Å². The van der Waals surface area contributed by atoms with E-state index in [-0.39, 0.29) is 24.0 Å². The van der Waals surface area contributed by atoms with E-state index in [2.05, 4.69) is 20.6 Å². The van der Waals surface area contributed by atoms with Crippen LogP contribution in [0.15, 0.2) is 33.9 Å². The van der Waals surface area contributed by atoms with E-state index >= 15 is 0 Å². The number of hydrogen-bond donors (Lipinski definition) is 2. The zero-order chi connectivity index (χ0) is 22.7. The average molecular weight is 439 g/mol. The van der Waals surface area contributed by atoms with Crippen LogP contribution in [0.2, 0.25) is 0 Å². The Hall–Kier alpha value is -3.56. The van der Waals surface area contributed by atoms with Crippen LogP contribution in [0.1, 0.15) is 36.7 Å². The molecular formula is C22H25N5O5. The molecule has 3 unspecified atom stereocenters. The van der Waals surface area contributed by atoms with Gasteiger partial charge < -0.3 is 14.6 Å². The number of fused-ring (bicyclic) bond motifs is 1. The predicted molar refractivity (Wildman–Crippen MR) is 115 cm³/mol. The summed E-state index contributed by atoms with van der Waals surface area (Å²) in [5, 5.41) is 5.91. The van der Waals surface area contributed by atoms with Crippen LogP contribution in [0, 0.1) is 11.8 Å². The van der Waals surface area contributed by atoms with Crippen LogP contribution in [0.5, 0.6) is 0 Å². The molecule has 0 saturated heterocycles. The Labute approximate surface area is 184 Å². The van der Waals surface area contributed by atoms with E-state index in [0.717, 1.165) is 24.4 Å². The van der Waals surface area contributed by atoms with Crippen molar-refractivity contribution < 1.29 is 23.6 Å². The first-order valence-corrected chi connectivity index (χ1v) is 10.7. The largest absolute Gasteiger partial charge is 0.449 e. The quantitative estimate of drug-likeness (QED) is 0.558. The second kappa shape index (κ2) is 9.29. The Morgan fingerprint density at radius 2 is 2.16 bits per heavy atom. The van der Waals surface area contributed by atoms with E-state index in [1.54, 1.807) is 29.4 Å². The molecule has 2 aliphatic rings. The maximum absolute atomic E-state index is 12.5. The maximum Gasteiger partial charge on any atom is 0.287 e. The lowest BCUT2D eigenvalue weighted by molar-refractivity contribution is -0.136. The minimum atomic E-state index is -0.854. The number of hydrogen-bond acceptors (Lipinski definition) is 7. The van der Waals surface area contributed by atoms with E-state index in [4.69, 9.17) is 4.42 Å². The van der Waals surface area contributed by atoms with Crippen molar-refractivity contribution in [3.8, 4) is 0 Å². The Morgan fingerprint density at radius 1 is 1.31 bits per heavy atom. The average Bonchev–Trinajstić information content (AvgIpc) is 3.38. The summed E-state index contributed by atoms with van der Waals surface area (Å²) >= 11 is 0. The van der Waals surface area contributed by atoms with Crippen LogP contribution in [0.25, 0.3) is 11.0 Å². The topological polar surface area (TPSA) is 134 Å². The molecule has 1 saturated carbocycles. The van der Waals surface area contributed by atoms with Gasteiger partial charge in [0, 0.05) is 31.2 Å². The Balaban J connectivity index is 1.19. The molecule has 0 aromatic carbocycles. The minimum Gasteiger partial charge on any atom is -0.449 e. The van der Waals surface area contributed by atoms with Gasteiger partial charge >= 0.3 is 0 Å². The predicted octanol–water partition coefficient (Wildman–Crippen LogP) is 0.918. The lowest BCUT2D eigenvalue weighted by Gasteiger charge is -2.23. The number of aliphatic imine (C=N–C) groups is 1. The first-order valence-electron chi connectivity index (χ1n) is 10.7. The number of nitrogens with one attached hydrogen (secondary N) is 2. The molecule has 3 heterocycles. The summed E-state index contributed by atoms with van der Waals surface area (Å²) in [5.41, 5.74) is 0.578. The molecule has 2 N–H and O–H groups in total. The SMILES string of the molecule is CCN(CCC1CC1CNC(=O)c1cc2ccncc2o1)C(=O)CC1N=CC(=O)NC1=O. The van der Waals surface area contributed by atoms with Crippen LogP contribution < -0.4 is 10.6 Å². The van der Waals surface area contributed by atoms with Crippen LogP contribution in [0.4, 0.5) is 0 Å². The monoisotopic (exact) mass is 439 g/mol. The fourth-order valence-corrected chi connectivity index (χ4v) is 3.90. The smallest absolute Gasteiger partial charge is 0.287 e. The summed E-state index contributed by atoms with van der Waals surface area (Å²) in [6, 6.07) is 2.64. The van der Waals surface area contributed by atoms with Gasteiger partial charge in [-0.25, -0.2) is 0 Å². The van der Waals surface area contributed by atoms with E-state index in [9.17, 15) is 19.2 Å². The summed E-state index contributed by atoms with van der Waals surface area (Å²) in [6.07, 6.45) is 6.04. The van der Waals surface area contributed by atoms with Gasteiger partial charge in [-0.15, -0.1) is 0 Å². The van der Waals surface area contributed by atoms with E-state index in [1.165, 1.54) is 0 Å². The molecule has 4 amide bonds. The van der Waals surface area contributed by atoms with Crippen molar-refractivity contribution in [1.82, 2.24) is 20.5 Å². The third-order valence-electron chi connectivity index (χ3n) is 5.93. The maximum atomic E-state index is 12.5. The Bertz CT molecular complexity index is 1040. The molecule has 1 aliphatic carbocycles. The van der Waals surface area contributed by atoms with Crippen molar-refractivity contribution in [3.63, 3.8) is 0 Å². The first kappa shape index (κ1) is 21.7. The summed E-state index contributed by atoms with van der Waals surface area (Å²) in [6.45, 7) is 3.56. The molecule has 32 heavy (non-hydrogen) atoms. The van der Waals surface area contributed by atoms with Gasteiger partial charge in [0.25, 0.3) is 17.7 Å². The summed E-state index contributed by atoms with van der Waals surface area (Å²) in [4.78, 5) is 57.3. The molecular weight excluding hydrogens is 414 g/mol. The van der Waals surface area contributed by atoms with Crippen LogP contribution in [-0.2, 0) is 14.4 Å². The lowest BCUT2D eigenvalue weighted by Crippen LogP contribution is -2.45. The molecule has 1 aliphatic heterocycles. The zero-order valence-corrected chi connectivity index (χ0v) is 17.7. The molecule has 1 fully saturated rings. The van der Waals surface area contributed by atoms with Crippen LogP contribution >= 0.6 is 0 Å². The Kier molecular flexibility index (Phi) is 6.29. The zero-order valence-electron chi connectivity index (χ0n) is 17.7. The number of furan rings is 1. The number of carbonyl (C=O) groups excluding carboxylic acids is 4. The fourth-order valence-electron chi connectivity index (χ4n) is 3.90. The number of carbonyl (C=O) groups is 4. The summed E-state index contributed by atoms with van der Waals surface area (Å²) in [5.74, 6) is -0.435. The molecule has 2 aromatic rings. The van der Waals surface area contributed by atoms with Gasteiger partial charge in [-0.2, -0.15) is 0 Å². The molecule has 10 heteroatoms. The third kappa shape index (κ3) is 5.01. The number of pyridine rings is 1. The second-order valence-corrected chi connectivity index (χ2v) is 8.10. The van der Waals surface area contributed by atoms with E-state index in [0.29, 0.717) is 37.1 Å². The van der Waals surface area contributed by atoms with Gasteiger partial charge in [0.05, 0.1) is 18.8 Å². The van der Waals surface area contributed by atoms with Gasteiger partial charge in [0.1, 0.15) is 6.04 Å². The highest BCUT2D eigenvalue weighted by Gasteiger charge is 2.37. The third-order valence-corrected chi connectivity index (χ3v) is 5.93. The molecule has 4 rings (SSSR count). The minimum absolute atomic E-state index is 0.0549. The molecule has 0 radical (unpaired) electrons. The molecule has 0 bridgehead atoms. The second-order valence-electron chi connectivity index (χ2n) is 8.10. The van der Waals surface area contributed by atoms with Gasteiger partial charge in [0.2, 0.25) is 5.91 Å². The highest BCUT2D eigenvalue weighted by Crippen LogP contribution is 2.40. The summed E-state index contributed by atoms with van der Waals surface area (Å²) < 4.78 is 5.53. The fraction of sp³-hybridized carbons (Fsp3) is 0.455. The molecule has 0 spiro atoms. The molecule has 2 aromatic heterocycles. The van der Waals surface area contributed by atoms with Crippen molar-refractivity contribution in [3.05, 3.63) is 30.3 Å². The van der Waals surface area contributed by atoms with Crippen molar-refractivity contribution in [1.29, 1.82) is 0 Å². The van der Waals surface area contributed by atoms with Crippen LogP contribution in [0.3, 0.4) is 0 Å². The van der Waals surface area contributed by atoms with Crippen molar-refractivity contribution in [2.45, 2.75) is 32.2 Å². The first-order chi connectivity index (χ1) is 15.4. The number of amides is 4. The highest BCUT2D eigenvalue weighted by molar-refractivity contribution is 6.32. The van der Waals surface area contributed by atoms with Crippen LogP contribution in [-0.4, -0.2) is 65.4 Å². The lowest BCUT2D eigenvalue weighted by atomic mass is 10.1. The van der Waals surface area contributed by atoms with Crippen molar-refractivity contribution in [2.24, 2.45) is 16.8 Å². The summed E-state index contributed by atoms with van der Waals surface area (Å²) in [7, 11) is 0. The Morgan fingerprint density at radius 3 is 2.91 bits per heavy atom.